The second-order valence-electron chi connectivity index (χ2n) is 17.1. The Morgan fingerprint density at radius 2 is 1.03 bits per heavy atom. The van der Waals surface area contributed by atoms with E-state index in [-0.39, 0.29) is 58.2 Å². The maximum Gasteiger partial charge on any atom is 0.326 e. The van der Waals surface area contributed by atoms with Gasteiger partial charge in [-0.15, -0.1) is 0 Å². The number of carboxylic acid groups (broad SMARTS) is 3. The Balaban J connectivity index is 3.47. The number of rotatable bonds is 33. The number of aliphatic carboxylic acids is 3. The molecule has 0 radical (unpaired) electrons. The fraction of sp³-hybridized carbons (Fsp3) is 0.714. The van der Waals surface area contributed by atoms with Crippen molar-refractivity contribution in [1.29, 1.82) is 0 Å². The molecule has 0 spiro atoms. The summed E-state index contributed by atoms with van der Waals surface area (Å²) in [6, 6.07) is -12.3. The van der Waals surface area contributed by atoms with E-state index in [2.05, 4.69) is 37.2 Å². The number of carbonyl (C=O) groups is 12. The number of hydrogen-bond donors (Lipinski definition) is 14. The lowest BCUT2D eigenvalue weighted by atomic mass is 9.97. The van der Waals surface area contributed by atoms with Crippen LogP contribution in [0, 0.1) is 11.8 Å². The van der Waals surface area contributed by atoms with Crippen molar-refractivity contribution in [3.8, 4) is 0 Å². The molecular weight excluding hydrogens is 913 g/mol. The summed E-state index contributed by atoms with van der Waals surface area (Å²) in [4.78, 5) is 157. The Bertz CT molecular complexity index is 1840. The van der Waals surface area contributed by atoms with Gasteiger partial charge in [-0.25, -0.2) is 4.79 Å². The SMILES string of the molecule is CC[C@H](C)[C@H](NC(=O)CN)C(=O)N[C@@H](CCCCN)C(=O)N[C@@H](CC(=O)O)C(=O)N[C@@H](CC(N)=O)C(=O)N[C@@H](CCCCN)C(=O)N[C@@H](CC(=O)O)C(=O)N1CCC[C@H]1C(=O)N[C@H](C(=O)O)C(C)C. The first kappa shape index (κ1) is 60.5. The number of nitrogens with zero attached hydrogens (tertiary/aromatic N) is 1. The van der Waals surface area contributed by atoms with Crippen LogP contribution in [0.2, 0.25) is 0 Å². The summed E-state index contributed by atoms with van der Waals surface area (Å²) in [5.41, 5.74) is 22.1. The average molecular weight is 985 g/mol. The molecule has 0 aliphatic carbocycles. The molecule has 1 saturated heterocycles. The number of amides is 9. The highest BCUT2D eigenvalue weighted by atomic mass is 16.4. The van der Waals surface area contributed by atoms with Crippen LogP contribution in [0.5, 0.6) is 0 Å². The third-order valence-electron chi connectivity index (χ3n) is 11.3. The van der Waals surface area contributed by atoms with Gasteiger partial charge in [-0.05, 0) is 76.3 Å². The maximum absolute atomic E-state index is 13.9. The molecule has 1 rings (SSSR count). The highest BCUT2D eigenvalue weighted by Gasteiger charge is 2.41. The van der Waals surface area contributed by atoms with Gasteiger partial charge in [0.15, 0.2) is 0 Å². The summed E-state index contributed by atoms with van der Waals surface area (Å²) in [5.74, 6) is -14.5. The van der Waals surface area contributed by atoms with Crippen molar-refractivity contribution in [2.24, 2.45) is 34.8 Å². The number of likely N-dealkylation sites (tertiary alicyclic amines) is 1. The standard InChI is InChI=1S/C42H72N12O15/c1-5-22(4)34(52-30(56)20-45)40(66)48-24(12-7-9-15-44)35(61)50-26(18-31(57)58)38(64)49-25(17-29(46)55)37(63)47-23(11-6-8-14-43)36(62)51-27(19-32(59)60)41(67)54-16-10-13-28(54)39(65)53-33(21(2)3)42(68)69/h21-28,33-34H,5-20,43-45H2,1-4H3,(H2,46,55)(H,47,63)(H,48,66)(H,49,64)(H,50,61)(H,51,62)(H,52,56)(H,53,65)(H,57,58)(H,59,60)(H,68,69)/t22-,23-,24-,25-,26-,27-,28-,33-,34-/m0/s1. The van der Waals surface area contributed by atoms with E-state index < -0.39 is 157 Å². The van der Waals surface area contributed by atoms with Gasteiger partial charge in [-0.2, -0.15) is 0 Å². The zero-order chi connectivity index (χ0) is 52.5. The lowest BCUT2D eigenvalue weighted by molar-refractivity contribution is -0.148. The number of carbonyl (C=O) groups excluding carboxylic acids is 9. The molecule has 27 nitrogen and oxygen atoms in total. The lowest BCUT2D eigenvalue weighted by Crippen LogP contribution is -2.61. The number of nitrogens with one attached hydrogen (secondary N) is 7. The molecule has 0 bridgehead atoms. The fourth-order valence-corrected chi connectivity index (χ4v) is 7.24. The average Bonchev–Trinajstić information content (AvgIpc) is 3.77. The maximum atomic E-state index is 13.9. The van der Waals surface area contributed by atoms with Crippen LogP contribution in [0.15, 0.2) is 0 Å². The predicted molar refractivity (Wildman–Crippen MR) is 243 cm³/mol. The zero-order valence-corrected chi connectivity index (χ0v) is 39.6. The number of carboxylic acids is 3. The topological polar surface area (TPSA) is 457 Å². The van der Waals surface area contributed by atoms with Gasteiger partial charge in [-0.3, -0.25) is 52.7 Å². The van der Waals surface area contributed by atoms with Crippen LogP contribution < -0.4 is 60.2 Å². The molecule has 0 saturated carbocycles. The molecule has 9 atom stereocenters. The van der Waals surface area contributed by atoms with Crippen molar-refractivity contribution in [2.75, 3.05) is 26.2 Å². The number of nitrogens with two attached hydrogens (primary N) is 4. The van der Waals surface area contributed by atoms with Gasteiger partial charge in [-0.1, -0.05) is 34.1 Å². The summed E-state index contributed by atoms with van der Waals surface area (Å²) in [7, 11) is 0. The Morgan fingerprint density at radius 3 is 1.46 bits per heavy atom. The fourth-order valence-electron chi connectivity index (χ4n) is 7.24. The van der Waals surface area contributed by atoms with E-state index in [4.69, 9.17) is 22.9 Å². The van der Waals surface area contributed by atoms with Crippen LogP contribution >= 0.6 is 0 Å². The van der Waals surface area contributed by atoms with E-state index in [1.807, 2.05) is 0 Å². The second kappa shape index (κ2) is 30.8. The van der Waals surface area contributed by atoms with Gasteiger partial charge >= 0.3 is 17.9 Å². The van der Waals surface area contributed by atoms with Crippen LogP contribution in [0.4, 0.5) is 0 Å². The minimum Gasteiger partial charge on any atom is -0.481 e. The first-order valence-electron chi connectivity index (χ1n) is 22.9. The Morgan fingerprint density at radius 1 is 0.580 bits per heavy atom. The molecule has 0 aromatic heterocycles. The van der Waals surface area contributed by atoms with Gasteiger partial charge in [0.05, 0.1) is 25.8 Å². The molecule has 1 fully saturated rings. The van der Waals surface area contributed by atoms with Gasteiger partial charge in [0.1, 0.15) is 48.3 Å². The van der Waals surface area contributed by atoms with E-state index in [1.54, 1.807) is 27.7 Å². The normalized spacial score (nSPS) is 16.8. The van der Waals surface area contributed by atoms with Crippen LogP contribution in [0.25, 0.3) is 0 Å². The van der Waals surface area contributed by atoms with Crippen molar-refractivity contribution in [3.05, 3.63) is 0 Å². The Hall–Kier alpha value is -6.48. The molecule has 390 valence electrons. The molecule has 0 aromatic rings. The van der Waals surface area contributed by atoms with Crippen molar-refractivity contribution in [3.63, 3.8) is 0 Å². The Labute approximate surface area is 399 Å². The minimum atomic E-state index is -1.95. The molecule has 27 heteroatoms. The van der Waals surface area contributed by atoms with Crippen molar-refractivity contribution >= 4 is 71.1 Å². The molecule has 1 heterocycles. The van der Waals surface area contributed by atoms with Gasteiger partial charge in [0.25, 0.3) is 0 Å². The summed E-state index contributed by atoms with van der Waals surface area (Å²) < 4.78 is 0. The van der Waals surface area contributed by atoms with Gasteiger partial charge in [0, 0.05) is 6.54 Å². The number of primary amides is 1. The Kier molecular flexibility index (Phi) is 27.0. The lowest BCUT2D eigenvalue weighted by Gasteiger charge is -2.30. The van der Waals surface area contributed by atoms with E-state index in [9.17, 15) is 72.9 Å². The van der Waals surface area contributed by atoms with E-state index >= 15 is 0 Å². The minimum absolute atomic E-state index is 0.0476. The van der Waals surface area contributed by atoms with E-state index in [0.29, 0.717) is 19.3 Å². The number of hydrogen-bond acceptors (Lipinski definition) is 15. The molecule has 9 amide bonds. The molecular formula is C42H72N12O15. The van der Waals surface area contributed by atoms with Crippen LogP contribution in [-0.4, -0.2) is 166 Å². The third-order valence-corrected chi connectivity index (χ3v) is 11.3. The van der Waals surface area contributed by atoms with Crippen LogP contribution in [-0.2, 0) is 57.5 Å². The van der Waals surface area contributed by atoms with Crippen molar-refractivity contribution in [2.45, 2.75) is 153 Å². The number of unbranched alkanes of at least 4 members (excludes halogenated alkanes) is 2. The van der Waals surface area contributed by atoms with Crippen LogP contribution in [0.3, 0.4) is 0 Å². The summed E-state index contributed by atoms with van der Waals surface area (Å²) in [6.45, 7) is 6.42. The highest BCUT2D eigenvalue weighted by molar-refractivity contribution is 6.00. The quantitative estimate of drug-likeness (QED) is 0.0274. The second-order valence-corrected chi connectivity index (χ2v) is 17.1. The van der Waals surface area contributed by atoms with E-state index in [1.165, 1.54) is 0 Å². The van der Waals surface area contributed by atoms with Gasteiger partial charge in [0.2, 0.25) is 53.2 Å². The van der Waals surface area contributed by atoms with E-state index in [0.717, 1.165) is 4.90 Å². The molecule has 1 aliphatic heterocycles. The monoisotopic (exact) mass is 985 g/mol. The van der Waals surface area contributed by atoms with Crippen molar-refractivity contribution < 1.29 is 72.9 Å². The summed E-state index contributed by atoms with van der Waals surface area (Å²) in [5, 5.41) is 45.5. The smallest absolute Gasteiger partial charge is 0.326 e. The first-order valence-corrected chi connectivity index (χ1v) is 22.9. The van der Waals surface area contributed by atoms with Crippen molar-refractivity contribution in [1.82, 2.24) is 42.1 Å². The highest BCUT2D eigenvalue weighted by Crippen LogP contribution is 2.21. The molecule has 18 N–H and O–H groups in total. The third kappa shape index (κ3) is 21.1. The summed E-state index contributed by atoms with van der Waals surface area (Å²) >= 11 is 0. The first-order chi connectivity index (χ1) is 32.4. The predicted octanol–water partition coefficient (Wildman–Crippen LogP) is -4.80. The molecule has 0 unspecified atom stereocenters. The van der Waals surface area contributed by atoms with Crippen LogP contribution in [0.1, 0.15) is 105 Å². The zero-order valence-electron chi connectivity index (χ0n) is 39.6. The molecule has 1 aliphatic rings. The largest absolute Gasteiger partial charge is 0.481 e. The molecule has 69 heavy (non-hydrogen) atoms. The van der Waals surface area contributed by atoms with Gasteiger partial charge < -0.3 is 80.4 Å². The molecule has 0 aromatic carbocycles. The summed E-state index contributed by atoms with van der Waals surface area (Å²) in [6.07, 6.45) is -1.27.